The third-order valence-corrected chi connectivity index (χ3v) is 1.81. The number of nitro benzene ring substituents is 1. The second-order valence-electron chi connectivity index (χ2n) is 2.86. The van der Waals surface area contributed by atoms with E-state index < -0.39 is 10.9 Å². The first-order valence-electron chi connectivity index (χ1n) is 4.28. The molecule has 1 N–H and O–H groups in total. The third-order valence-electron chi connectivity index (χ3n) is 1.81. The Balaban J connectivity index is 3.10. The first-order valence-corrected chi connectivity index (χ1v) is 4.28. The van der Waals surface area contributed by atoms with Crippen LogP contribution in [0.15, 0.2) is 24.3 Å². The molecule has 0 aromatic heterocycles. The predicted molar refractivity (Wildman–Crippen MR) is 55.8 cm³/mol. The van der Waals surface area contributed by atoms with Crippen LogP contribution < -0.4 is 0 Å². The van der Waals surface area contributed by atoms with Gasteiger partial charge in [0, 0.05) is 12.1 Å². The highest BCUT2D eigenvalue weighted by molar-refractivity contribution is 5.87. The maximum atomic E-state index is 10.8. The fourth-order valence-electron chi connectivity index (χ4n) is 1.07. The lowest BCUT2D eigenvalue weighted by Gasteiger charge is -1.98. The van der Waals surface area contributed by atoms with Gasteiger partial charge in [-0.05, 0) is 18.2 Å². The summed E-state index contributed by atoms with van der Waals surface area (Å²) in [5.41, 5.74) is -0.0617. The number of benzene rings is 1. The normalized spacial score (nSPS) is 10.3. The van der Waals surface area contributed by atoms with Crippen molar-refractivity contribution in [1.82, 2.24) is 0 Å². The lowest BCUT2D eigenvalue weighted by Crippen LogP contribution is -1.95. The number of hydrogen-bond donors (Lipinski definition) is 1. The molecular formula is C10H9NO5. The molecule has 0 heterocycles. The zero-order valence-electron chi connectivity index (χ0n) is 8.41. The topological polar surface area (TPSA) is 89.7 Å². The van der Waals surface area contributed by atoms with E-state index in [0.29, 0.717) is 0 Å². The molecule has 1 aromatic rings. The lowest BCUT2D eigenvalue weighted by molar-refractivity contribution is -0.385. The van der Waals surface area contributed by atoms with Crippen LogP contribution in [0.2, 0.25) is 0 Å². The van der Waals surface area contributed by atoms with Gasteiger partial charge in [-0.1, -0.05) is 0 Å². The molecule has 0 aliphatic heterocycles. The first kappa shape index (κ1) is 11.7. The number of nitro groups is 1. The molecule has 0 bridgehead atoms. The Labute approximate surface area is 90.9 Å². The van der Waals surface area contributed by atoms with E-state index in [2.05, 4.69) is 4.74 Å². The van der Waals surface area contributed by atoms with Crippen LogP contribution in [0.3, 0.4) is 0 Å². The van der Waals surface area contributed by atoms with Crippen LogP contribution in [0.4, 0.5) is 5.69 Å². The third kappa shape index (κ3) is 2.81. The van der Waals surface area contributed by atoms with E-state index in [1.54, 1.807) is 0 Å². The molecule has 1 rings (SSSR count). The molecule has 16 heavy (non-hydrogen) atoms. The first-order chi connectivity index (χ1) is 7.54. The quantitative estimate of drug-likeness (QED) is 0.363. The molecular weight excluding hydrogens is 214 g/mol. The van der Waals surface area contributed by atoms with E-state index in [1.807, 2.05) is 0 Å². The van der Waals surface area contributed by atoms with Gasteiger partial charge in [-0.25, -0.2) is 4.79 Å². The SMILES string of the molecule is COC(=O)C=Cc1cc(O)ccc1[N+](=O)[O-]. The van der Waals surface area contributed by atoms with Crippen molar-refractivity contribution < 1.29 is 19.6 Å². The predicted octanol–water partition coefficient (Wildman–Crippen LogP) is 1.49. The molecule has 0 atom stereocenters. The number of methoxy groups -OCH3 is 1. The van der Waals surface area contributed by atoms with Crippen LogP contribution >= 0.6 is 0 Å². The smallest absolute Gasteiger partial charge is 0.330 e. The van der Waals surface area contributed by atoms with E-state index >= 15 is 0 Å². The summed E-state index contributed by atoms with van der Waals surface area (Å²) in [4.78, 5) is 20.8. The Morgan fingerprint density at radius 3 is 2.81 bits per heavy atom. The van der Waals surface area contributed by atoms with Gasteiger partial charge < -0.3 is 9.84 Å². The molecule has 0 amide bonds. The molecule has 0 saturated carbocycles. The van der Waals surface area contributed by atoms with Crippen molar-refractivity contribution in [3.05, 3.63) is 40.0 Å². The molecule has 0 saturated heterocycles. The number of phenols is 1. The minimum Gasteiger partial charge on any atom is -0.508 e. The number of carbonyl (C=O) groups is 1. The summed E-state index contributed by atoms with van der Waals surface area (Å²) in [6.45, 7) is 0. The van der Waals surface area contributed by atoms with Crippen molar-refractivity contribution in [3.8, 4) is 5.75 Å². The zero-order valence-corrected chi connectivity index (χ0v) is 8.41. The number of hydrogen-bond acceptors (Lipinski definition) is 5. The number of ether oxygens (including phenoxy) is 1. The van der Waals surface area contributed by atoms with Gasteiger partial charge in [0.05, 0.1) is 17.6 Å². The van der Waals surface area contributed by atoms with Crippen molar-refractivity contribution in [2.75, 3.05) is 7.11 Å². The van der Waals surface area contributed by atoms with Crippen molar-refractivity contribution in [2.24, 2.45) is 0 Å². The summed E-state index contributed by atoms with van der Waals surface area (Å²) in [7, 11) is 1.20. The van der Waals surface area contributed by atoms with E-state index in [4.69, 9.17) is 5.11 Å². The van der Waals surface area contributed by atoms with Gasteiger partial charge in [-0.3, -0.25) is 10.1 Å². The van der Waals surface area contributed by atoms with Gasteiger partial charge in [-0.2, -0.15) is 0 Å². The van der Waals surface area contributed by atoms with Crippen LogP contribution in [0, 0.1) is 10.1 Å². The Hall–Kier alpha value is -2.37. The molecule has 0 aliphatic carbocycles. The molecule has 6 nitrogen and oxygen atoms in total. The number of carbonyl (C=O) groups excluding carboxylic acids is 1. The Morgan fingerprint density at radius 1 is 1.56 bits per heavy atom. The summed E-state index contributed by atoms with van der Waals surface area (Å²) < 4.78 is 4.34. The number of phenolic OH excluding ortho intramolecular Hbond substituents is 1. The highest BCUT2D eigenvalue weighted by atomic mass is 16.6. The van der Waals surface area contributed by atoms with Crippen LogP contribution in [0.25, 0.3) is 6.08 Å². The van der Waals surface area contributed by atoms with Crippen LogP contribution in [-0.2, 0) is 9.53 Å². The summed E-state index contributed by atoms with van der Waals surface area (Å²) in [6.07, 6.45) is 2.26. The summed E-state index contributed by atoms with van der Waals surface area (Å²) in [5.74, 6) is -0.743. The average Bonchev–Trinajstić information content (AvgIpc) is 2.25. The van der Waals surface area contributed by atoms with Crippen LogP contribution in [0.1, 0.15) is 5.56 Å². The maximum absolute atomic E-state index is 10.8. The van der Waals surface area contributed by atoms with Crippen LogP contribution in [0.5, 0.6) is 5.75 Å². The van der Waals surface area contributed by atoms with Crippen molar-refractivity contribution in [1.29, 1.82) is 0 Å². The average molecular weight is 223 g/mol. The van der Waals surface area contributed by atoms with E-state index in [-0.39, 0.29) is 17.0 Å². The van der Waals surface area contributed by atoms with Crippen molar-refractivity contribution in [3.63, 3.8) is 0 Å². The number of esters is 1. The van der Waals surface area contributed by atoms with Gasteiger partial charge in [0.25, 0.3) is 5.69 Å². The van der Waals surface area contributed by atoms with Gasteiger partial charge in [0.1, 0.15) is 5.75 Å². The minimum absolute atomic E-state index is 0.116. The monoisotopic (exact) mass is 223 g/mol. The van der Waals surface area contributed by atoms with Gasteiger partial charge in [0.2, 0.25) is 0 Å². The highest BCUT2D eigenvalue weighted by Gasteiger charge is 2.11. The van der Waals surface area contributed by atoms with Gasteiger partial charge in [0.15, 0.2) is 0 Å². The molecule has 0 radical (unpaired) electrons. The number of nitrogens with zero attached hydrogens (tertiary/aromatic N) is 1. The van der Waals surface area contributed by atoms with E-state index in [0.717, 1.165) is 12.1 Å². The van der Waals surface area contributed by atoms with Crippen molar-refractivity contribution >= 4 is 17.7 Å². The van der Waals surface area contributed by atoms with Crippen molar-refractivity contribution in [2.45, 2.75) is 0 Å². The Bertz CT molecular complexity index is 453. The van der Waals surface area contributed by atoms with Crippen LogP contribution in [-0.4, -0.2) is 23.1 Å². The fraction of sp³-hybridized carbons (Fsp3) is 0.100. The standard InChI is InChI=1S/C10H9NO5/c1-16-10(13)5-2-7-6-8(12)3-4-9(7)11(14)15/h2-6,12H,1H3. The van der Waals surface area contributed by atoms with E-state index in [1.165, 1.54) is 25.3 Å². The number of rotatable bonds is 3. The fourth-order valence-corrected chi connectivity index (χ4v) is 1.07. The van der Waals surface area contributed by atoms with Gasteiger partial charge in [-0.15, -0.1) is 0 Å². The molecule has 0 fully saturated rings. The maximum Gasteiger partial charge on any atom is 0.330 e. The minimum atomic E-state index is -0.627. The Kier molecular flexibility index (Phi) is 3.60. The summed E-state index contributed by atoms with van der Waals surface area (Å²) in [6, 6.07) is 3.55. The molecule has 84 valence electrons. The lowest BCUT2D eigenvalue weighted by atomic mass is 10.1. The summed E-state index contributed by atoms with van der Waals surface area (Å²) in [5, 5.41) is 19.8. The zero-order chi connectivity index (χ0) is 12.1. The number of aromatic hydroxyl groups is 1. The highest BCUT2D eigenvalue weighted by Crippen LogP contribution is 2.24. The van der Waals surface area contributed by atoms with Gasteiger partial charge >= 0.3 is 5.97 Å². The largest absolute Gasteiger partial charge is 0.508 e. The molecule has 0 aliphatic rings. The molecule has 6 heteroatoms. The Morgan fingerprint density at radius 2 is 2.25 bits per heavy atom. The second kappa shape index (κ2) is 4.92. The molecule has 1 aromatic carbocycles. The molecule has 0 unspecified atom stereocenters. The molecule has 0 spiro atoms. The van der Waals surface area contributed by atoms with E-state index in [9.17, 15) is 14.9 Å². The summed E-state index contributed by atoms with van der Waals surface area (Å²) >= 11 is 0. The second-order valence-corrected chi connectivity index (χ2v) is 2.86.